The molecule has 0 spiro atoms. The Morgan fingerprint density at radius 3 is 2.44 bits per heavy atom. The highest BCUT2D eigenvalue weighted by Crippen LogP contribution is 2.34. The molecule has 1 aliphatic heterocycles. The zero-order valence-corrected chi connectivity index (χ0v) is 15.8. The van der Waals surface area contributed by atoms with Crippen LogP contribution >= 0.6 is 0 Å². The SMILES string of the molecule is Cc1c(N=C2c3ccccc3N=[N+]2C)c2ccccc2n1C.O=S(=O)([O-])O. The van der Waals surface area contributed by atoms with Gasteiger partial charge in [0.15, 0.2) is 0 Å². The fourth-order valence-corrected chi connectivity index (χ4v) is 3.01. The molecular weight excluding hydrogens is 368 g/mol. The summed E-state index contributed by atoms with van der Waals surface area (Å²) in [5.41, 5.74) is 5.43. The molecule has 27 heavy (non-hydrogen) atoms. The summed E-state index contributed by atoms with van der Waals surface area (Å²) < 4.78 is 36.9. The molecule has 0 atom stereocenters. The van der Waals surface area contributed by atoms with Gasteiger partial charge >= 0.3 is 5.84 Å². The maximum atomic E-state index is 8.63. The van der Waals surface area contributed by atoms with Crippen LogP contribution in [0.2, 0.25) is 0 Å². The van der Waals surface area contributed by atoms with Crippen molar-refractivity contribution in [3.8, 4) is 0 Å². The van der Waals surface area contributed by atoms with E-state index in [4.69, 9.17) is 22.5 Å². The number of rotatable bonds is 1. The number of aryl methyl sites for hydroxylation is 1. The number of benzene rings is 2. The molecule has 2 heterocycles. The molecule has 9 heteroatoms. The summed E-state index contributed by atoms with van der Waals surface area (Å²) in [5, 5.41) is 5.72. The summed E-state index contributed by atoms with van der Waals surface area (Å²) in [6, 6.07) is 16.5. The molecule has 1 N–H and O–H groups in total. The van der Waals surface area contributed by atoms with Crippen LogP contribution in [0.25, 0.3) is 10.9 Å². The number of aromatic nitrogens is 1. The van der Waals surface area contributed by atoms with E-state index in [1.165, 1.54) is 10.9 Å². The maximum absolute atomic E-state index is 8.63. The number of amidine groups is 1. The molecular formula is C18H18N4O4S. The first kappa shape index (κ1) is 18.9. The Morgan fingerprint density at radius 2 is 1.74 bits per heavy atom. The Kier molecular flexibility index (Phi) is 4.92. The van der Waals surface area contributed by atoms with Gasteiger partial charge in [0.25, 0.3) is 0 Å². The van der Waals surface area contributed by atoms with E-state index in [-0.39, 0.29) is 0 Å². The Hall–Kier alpha value is -2.88. The fraction of sp³-hybridized carbons (Fsp3) is 0.167. The quantitative estimate of drug-likeness (QED) is 0.393. The monoisotopic (exact) mass is 386 g/mol. The Labute approximate surface area is 156 Å². The highest BCUT2D eigenvalue weighted by Gasteiger charge is 2.28. The second-order valence-electron chi connectivity index (χ2n) is 6.01. The van der Waals surface area contributed by atoms with Gasteiger partial charge in [0, 0.05) is 7.05 Å². The number of hydrogen-bond donors (Lipinski definition) is 1. The van der Waals surface area contributed by atoms with Crippen LogP contribution < -0.4 is 0 Å². The standard InChI is InChI=1S/C18H17N4.H2O4S/c1-12-17(14-9-5-7-11-16(14)21(12)2)19-18-13-8-4-6-10-15(13)20-22(18)3;1-5(2,3)4/h4-11H,1-3H3;(H2,1,2,3,4)/q+1;/p-1. The van der Waals surface area contributed by atoms with Gasteiger partial charge in [-0.05, 0) is 36.2 Å². The van der Waals surface area contributed by atoms with E-state index in [0.717, 1.165) is 28.5 Å². The summed E-state index contributed by atoms with van der Waals surface area (Å²) in [4.78, 5) is 4.96. The molecule has 1 aliphatic rings. The minimum atomic E-state index is -4.92. The third-order valence-corrected chi connectivity index (χ3v) is 4.29. The lowest BCUT2D eigenvalue weighted by atomic mass is 10.1. The van der Waals surface area contributed by atoms with Crippen LogP contribution in [-0.2, 0) is 17.4 Å². The topological polar surface area (TPSA) is 110 Å². The van der Waals surface area contributed by atoms with Crippen molar-refractivity contribution in [2.45, 2.75) is 6.92 Å². The molecule has 0 aliphatic carbocycles. The van der Waals surface area contributed by atoms with E-state index < -0.39 is 10.4 Å². The Balaban J connectivity index is 0.000000376. The van der Waals surface area contributed by atoms with Gasteiger partial charge in [0.1, 0.15) is 12.7 Å². The van der Waals surface area contributed by atoms with Crippen molar-refractivity contribution in [2.24, 2.45) is 17.2 Å². The van der Waals surface area contributed by atoms with Crippen LogP contribution in [0.15, 0.2) is 58.6 Å². The number of fused-ring (bicyclic) bond motifs is 2. The van der Waals surface area contributed by atoms with Gasteiger partial charge in [-0.15, -0.1) is 4.70 Å². The summed E-state index contributed by atoms with van der Waals surface area (Å²) in [6.45, 7) is 2.11. The van der Waals surface area contributed by atoms with E-state index >= 15 is 0 Å². The maximum Gasteiger partial charge on any atom is 0.353 e. The van der Waals surface area contributed by atoms with Crippen molar-refractivity contribution < 1.29 is 22.2 Å². The van der Waals surface area contributed by atoms with Gasteiger partial charge < -0.3 is 9.12 Å². The first-order valence-electron chi connectivity index (χ1n) is 8.02. The van der Waals surface area contributed by atoms with Crippen molar-refractivity contribution in [3.05, 3.63) is 59.8 Å². The van der Waals surface area contributed by atoms with Crippen molar-refractivity contribution in [2.75, 3.05) is 7.05 Å². The van der Waals surface area contributed by atoms with E-state index in [0.29, 0.717) is 0 Å². The largest absolute Gasteiger partial charge is 0.726 e. The second kappa shape index (κ2) is 7.03. The van der Waals surface area contributed by atoms with E-state index in [1.807, 2.05) is 29.9 Å². The summed E-state index contributed by atoms with van der Waals surface area (Å²) in [5.74, 6) is 0.898. The van der Waals surface area contributed by atoms with E-state index in [2.05, 4.69) is 54.0 Å². The first-order chi connectivity index (χ1) is 12.7. The minimum absolute atomic E-state index is 0.898. The number of hydrogen-bond acceptors (Lipinski definition) is 5. The molecule has 0 fully saturated rings. The van der Waals surface area contributed by atoms with Gasteiger partial charge in [-0.3, -0.25) is 4.55 Å². The fourth-order valence-electron chi connectivity index (χ4n) is 3.01. The smallest absolute Gasteiger partial charge is 0.353 e. The molecule has 3 aromatic rings. The predicted octanol–water partition coefficient (Wildman–Crippen LogP) is 3.31. The highest BCUT2D eigenvalue weighted by molar-refractivity contribution is 7.79. The summed E-state index contributed by atoms with van der Waals surface area (Å²) >= 11 is 0. The normalized spacial score (nSPS) is 14.7. The van der Waals surface area contributed by atoms with Crippen molar-refractivity contribution in [1.82, 2.24) is 4.57 Å². The van der Waals surface area contributed by atoms with Gasteiger partial charge in [0.2, 0.25) is 16.1 Å². The van der Waals surface area contributed by atoms with Gasteiger partial charge in [-0.1, -0.05) is 29.4 Å². The van der Waals surface area contributed by atoms with E-state index in [1.54, 1.807) is 0 Å². The molecule has 0 saturated heterocycles. The predicted molar refractivity (Wildman–Crippen MR) is 101 cm³/mol. The zero-order chi connectivity index (χ0) is 19.8. The number of aliphatic imine (C=N–C) groups is 1. The Morgan fingerprint density at radius 1 is 1.15 bits per heavy atom. The lowest BCUT2D eigenvalue weighted by molar-refractivity contribution is -0.438. The average Bonchev–Trinajstić information content (AvgIpc) is 3.03. The average molecular weight is 386 g/mol. The molecule has 4 rings (SSSR count). The molecule has 0 saturated carbocycles. The Bertz CT molecular complexity index is 1190. The lowest BCUT2D eigenvalue weighted by Crippen LogP contribution is -2.10. The highest BCUT2D eigenvalue weighted by atomic mass is 32.3. The molecule has 0 radical (unpaired) electrons. The van der Waals surface area contributed by atoms with Crippen LogP contribution in [0.3, 0.4) is 0 Å². The number of para-hydroxylation sites is 1. The summed E-state index contributed by atoms with van der Waals surface area (Å²) in [6.07, 6.45) is 0. The third kappa shape index (κ3) is 3.95. The second-order valence-corrected chi connectivity index (χ2v) is 6.87. The van der Waals surface area contributed by atoms with Crippen molar-refractivity contribution >= 4 is 38.5 Å². The van der Waals surface area contributed by atoms with Crippen LogP contribution in [0.5, 0.6) is 0 Å². The molecule has 0 bridgehead atoms. The number of azo groups is 2. The molecule has 8 nitrogen and oxygen atoms in total. The van der Waals surface area contributed by atoms with Gasteiger partial charge in [0.05, 0.1) is 22.2 Å². The first-order valence-corrected chi connectivity index (χ1v) is 9.39. The van der Waals surface area contributed by atoms with Crippen LogP contribution in [0, 0.1) is 6.92 Å². The van der Waals surface area contributed by atoms with Crippen LogP contribution in [0.1, 0.15) is 11.3 Å². The number of nitrogens with zero attached hydrogens (tertiary/aromatic N) is 4. The zero-order valence-electron chi connectivity index (χ0n) is 15.0. The third-order valence-electron chi connectivity index (χ3n) is 4.29. The molecule has 0 amide bonds. The summed E-state index contributed by atoms with van der Waals surface area (Å²) in [7, 11) is -0.892. The van der Waals surface area contributed by atoms with Crippen LogP contribution in [-0.4, -0.2) is 39.7 Å². The molecule has 0 unspecified atom stereocenters. The van der Waals surface area contributed by atoms with Gasteiger partial charge in [-0.25, -0.2) is 8.42 Å². The molecule has 1 aromatic heterocycles. The minimum Gasteiger partial charge on any atom is -0.726 e. The van der Waals surface area contributed by atoms with Crippen LogP contribution in [0.4, 0.5) is 11.4 Å². The molecule has 2 aromatic carbocycles. The van der Waals surface area contributed by atoms with Gasteiger partial charge in [-0.2, -0.15) is 0 Å². The van der Waals surface area contributed by atoms with Crippen molar-refractivity contribution in [3.63, 3.8) is 0 Å². The molecule has 140 valence electrons. The van der Waals surface area contributed by atoms with E-state index in [9.17, 15) is 0 Å². The lowest BCUT2D eigenvalue weighted by Gasteiger charge is -1.95. The van der Waals surface area contributed by atoms with Crippen molar-refractivity contribution in [1.29, 1.82) is 0 Å².